The normalized spacial score (nSPS) is 21.6. The first-order chi connectivity index (χ1) is 10.1. The molecule has 0 atom stereocenters. The third kappa shape index (κ3) is 3.86. The second kappa shape index (κ2) is 6.36. The average Bonchev–Trinajstić information content (AvgIpc) is 3.30. The Bertz CT molecular complexity index is 593. The molecule has 1 saturated carbocycles. The molecule has 21 heavy (non-hydrogen) atoms. The van der Waals surface area contributed by atoms with Crippen molar-refractivity contribution >= 4 is 26.0 Å². The van der Waals surface area contributed by atoms with E-state index in [1.54, 1.807) is 22.5 Å². The number of hydrogen-bond donors (Lipinski definition) is 1. The molecule has 1 aliphatic heterocycles. The minimum atomic E-state index is -3.35. The van der Waals surface area contributed by atoms with Crippen LogP contribution >= 0.6 is 15.9 Å². The van der Waals surface area contributed by atoms with E-state index in [9.17, 15) is 8.42 Å². The Balaban J connectivity index is 1.59. The predicted molar refractivity (Wildman–Crippen MR) is 86.6 cm³/mol. The van der Waals surface area contributed by atoms with Gasteiger partial charge in [-0.1, -0.05) is 22.0 Å². The molecule has 0 amide bonds. The highest BCUT2D eigenvalue weighted by atomic mass is 79.9. The number of piperidine rings is 1. The third-order valence-electron chi connectivity index (χ3n) is 4.28. The number of nitrogens with zero attached hydrogens (tertiary/aromatic N) is 1. The highest BCUT2D eigenvalue weighted by Gasteiger charge is 2.30. The van der Waals surface area contributed by atoms with Crippen molar-refractivity contribution in [3.63, 3.8) is 0 Å². The van der Waals surface area contributed by atoms with Crippen LogP contribution in [0.3, 0.4) is 0 Å². The Labute approximate surface area is 135 Å². The van der Waals surface area contributed by atoms with Gasteiger partial charge in [-0.25, -0.2) is 8.42 Å². The summed E-state index contributed by atoms with van der Waals surface area (Å²) in [5.41, 5.74) is 0. The molecule has 1 aliphatic carbocycles. The van der Waals surface area contributed by atoms with Gasteiger partial charge in [0.25, 0.3) is 0 Å². The van der Waals surface area contributed by atoms with E-state index in [-0.39, 0.29) is 0 Å². The maximum atomic E-state index is 12.6. The highest BCUT2D eigenvalue weighted by Crippen LogP contribution is 2.28. The number of benzene rings is 1. The van der Waals surface area contributed by atoms with Gasteiger partial charge in [-0.15, -0.1) is 0 Å². The molecule has 1 saturated heterocycles. The van der Waals surface area contributed by atoms with Crippen molar-refractivity contribution in [3.05, 3.63) is 28.7 Å². The molecule has 6 heteroatoms. The van der Waals surface area contributed by atoms with Crippen LogP contribution in [-0.2, 0) is 10.0 Å². The van der Waals surface area contributed by atoms with E-state index in [1.807, 2.05) is 6.07 Å². The van der Waals surface area contributed by atoms with Crippen molar-refractivity contribution in [1.29, 1.82) is 0 Å². The Hall–Kier alpha value is -0.430. The zero-order valence-electron chi connectivity index (χ0n) is 12.0. The third-order valence-corrected chi connectivity index (χ3v) is 6.67. The Morgan fingerprint density at radius 1 is 1.19 bits per heavy atom. The lowest BCUT2D eigenvalue weighted by Crippen LogP contribution is -2.45. The maximum Gasteiger partial charge on any atom is 0.243 e. The van der Waals surface area contributed by atoms with Crippen molar-refractivity contribution in [2.75, 3.05) is 19.6 Å². The molecular formula is C15H21BrN2O2S. The van der Waals surface area contributed by atoms with Crippen LogP contribution in [0.2, 0.25) is 0 Å². The summed E-state index contributed by atoms with van der Waals surface area (Å²) in [6, 6.07) is 7.41. The number of nitrogens with one attached hydrogen (secondary N) is 1. The van der Waals surface area contributed by atoms with Gasteiger partial charge in [-0.2, -0.15) is 4.31 Å². The summed E-state index contributed by atoms with van der Waals surface area (Å²) in [6.07, 6.45) is 4.51. The van der Waals surface area contributed by atoms with Gasteiger partial charge in [0, 0.05) is 23.6 Å². The number of halogens is 1. The minimum absolute atomic E-state index is 0.376. The van der Waals surface area contributed by atoms with Crippen molar-refractivity contribution < 1.29 is 8.42 Å². The summed E-state index contributed by atoms with van der Waals surface area (Å²) in [7, 11) is -3.35. The first kappa shape index (κ1) is 15.5. The van der Waals surface area contributed by atoms with Crippen LogP contribution in [0.15, 0.2) is 33.6 Å². The second-order valence-corrected chi connectivity index (χ2v) is 8.84. The van der Waals surface area contributed by atoms with Gasteiger partial charge >= 0.3 is 0 Å². The van der Waals surface area contributed by atoms with Crippen LogP contribution in [0.5, 0.6) is 0 Å². The van der Waals surface area contributed by atoms with E-state index in [1.165, 1.54) is 12.8 Å². The molecule has 1 N–H and O–H groups in total. The molecule has 0 unspecified atom stereocenters. The lowest BCUT2D eigenvalue weighted by atomic mass is 10.1. The largest absolute Gasteiger partial charge is 0.314 e. The number of rotatable bonds is 5. The monoisotopic (exact) mass is 372 g/mol. The molecule has 2 fully saturated rings. The Morgan fingerprint density at radius 3 is 2.52 bits per heavy atom. The van der Waals surface area contributed by atoms with E-state index in [2.05, 4.69) is 21.2 Å². The van der Waals surface area contributed by atoms with Gasteiger partial charge in [0.15, 0.2) is 0 Å². The van der Waals surface area contributed by atoms with Crippen LogP contribution in [0.4, 0.5) is 0 Å². The first-order valence-electron chi connectivity index (χ1n) is 7.55. The summed E-state index contributed by atoms with van der Waals surface area (Å²) < 4.78 is 27.6. The molecule has 4 nitrogen and oxygen atoms in total. The van der Waals surface area contributed by atoms with Crippen molar-refractivity contribution in [1.82, 2.24) is 9.62 Å². The summed E-state index contributed by atoms with van der Waals surface area (Å²) in [5.74, 6) is 0.869. The quantitative estimate of drug-likeness (QED) is 0.863. The summed E-state index contributed by atoms with van der Waals surface area (Å²) >= 11 is 3.34. The molecule has 0 bridgehead atoms. The Kier molecular flexibility index (Phi) is 4.69. The highest BCUT2D eigenvalue weighted by molar-refractivity contribution is 9.10. The topological polar surface area (TPSA) is 49.4 Å². The molecule has 0 aromatic heterocycles. The molecule has 2 aliphatic rings. The van der Waals surface area contributed by atoms with E-state index < -0.39 is 10.0 Å². The first-order valence-corrected chi connectivity index (χ1v) is 9.78. The smallest absolute Gasteiger partial charge is 0.243 e. The van der Waals surface area contributed by atoms with E-state index in [0.717, 1.165) is 29.8 Å². The van der Waals surface area contributed by atoms with Gasteiger partial charge in [0.05, 0.1) is 4.90 Å². The fourth-order valence-electron chi connectivity index (χ4n) is 2.73. The molecule has 0 radical (unpaired) electrons. The van der Waals surface area contributed by atoms with Gasteiger partial charge in [0.2, 0.25) is 10.0 Å². The lowest BCUT2D eigenvalue weighted by molar-refractivity contribution is 0.288. The van der Waals surface area contributed by atoms with Gasteiger partial charge in [-0.3, -0.25) is 0 Å². The van der Waals surface area contributed by atoms with E-state index in [4.69, 9.17) is 0 Å². The summed E-state index contributed by atoms with van der Waals surface area (Å²) in [5, 5.41) is 3.58. The summed E-state index contributed by atoms with van der Waals surface area (Å²) in [4.78, 5) is 0.376. The van der Waals surface area contributed by atoms with Crippen molar-refractivity contribution in [2.24, 2.45) is 5.92 Å². The fraction of sp³-hybridized carbons (Fsp3) is 0.600. The second-order valence-electron chi connectivity index (χ2n) is 5.99. The average molecular weight is 373 g/mol. The predicted octanol–water partition coefficient (Wildman–Crippen LogP) is 2.60. The SMILES string of the molecule is O=S(=O)(c1cccc(Br)c1)N1CCC(NCC2CC2)CC1. The molecule has 0 spiro atoms. The van der Waals surface area contributed by atoms with Crippen LogP contribution < -0.4 is 5.32 Å². The van der Waals surface area contributed by atoms with Crippen molar-refractivity contribution in [2.45, 2.75) is 36.6 Å². The lowest BCUT2D eigenvalue weighted by Gasteiger charge is -2.31. The zero-order valence-corrected chi connectivity index (χ0v) is 14.4. The number of hydrogen-bond acceptors (Lipinski definition) is 3. The molecular weight excluding hydrogens is 352 g/mol. The van der Waals surface area contributed by atoms with Gasteiger partial charge in [0.1, 0.15) is 0 Å². The van der Waals surface area contributed by atoms with Gasteiger partial charge in [-0.05, 0) is 56.3 Å². The molecule has 1 aromatic rings. The minimum Gasteiger partial charge on any atom is -0.314 e. The van der Waals surface area contributed by atoms with Crippen LogP contribution in [0, 0.1) is 5.92 Å². The van der Waals surface area contributed by atoms with E-state index >= 15 is 0 Å². The van der Waals surface area contributed by atoms with Crippen molar-refractivity contribution in [3.8, 4) is 0 Å². The van der Waals surface area contributed by atoms with E-state index in [0.29, 0.717) is 24.0 Å². The summed E-state index contributed by atoms with van der Waals surface area (Å²) in [6.45, 7) is 2.32. The number of sulfonamides is 1. The zero-order chi connectivity index (χ0) is 14.9. The standard InChI is InChI=1S/C15H21BrN2O2S/c16-13-2-1-3-15(10-13)21(19,20)18-8-6-14(7-9-18)17-11-12-4-5-12/h1-3,10,12,14,17H,4-9,11H2. The van der Waals surface area contributed by atoms with Crippen LogP contribution in [-0.4, -0.2) is 38.4 Å². The van der Waals surface area contributed by atoms with Crippen LogP contribution in [0.1, 0.15) is 25.7 Å². The maximum absolute atomic E-state index is 12.6. The van der Waals surface area contributed by atoms with Gasteiger partial charge < -0.3 is 5.32 Å². The molecule has 1 aromatic carbocycles. The Morgan fingerprint density at radius 2 is 1.90 bits per heavy atom. The molecule has 1 heterocycles. The fourth-order valence-corrected chi connectivity index (χ4v) is 4.80. The van der Waals surface area contributed by atoms with Crippen LogP contribution in [0.25, 0.3) is 0 Å². The molecule has 3 rings (SSSR count). The molecule has 116 valence electrons.